The maximum absolute atomic E-state index is 13.1. The number of carbonyl (C=O) groups excluding carboxylic acids is 1. The van der Waals surface area contributed by atoms with Gasteiger partial charge >= 0.3 is 12.0 Å². The first-order valence-electron chi connectivity index (χ1n) is 6.86. The third kappa shape index (κ3) is 5.99. The molecule has 1 heterocycles. The summed E-state index contributed by atoms with van der Waals surface area (Å²) in [6.07, 6.45) is 0.776. The van der Waals surface area contributed by atoms with E-state index in [0.717, 1.165) is 5.56 Å². The number of carboxylic acid groups (broad SMARTS) is 1. The van der Waals surface area contributed by atoms with Crippen molar-refractivity contribution >= 4 is 28.5 Å². The number of nitrogens with one attached hydrogen (secondary N) is 2. The van der Waals surface area contributed by atoms with Crippen molar-refractivity contribution < 1.29 is 19.1 Å². The zero-order valence-corrected chi connectivity index (χ0v) is 12.9. The van der Waals surface area contributed by atoms with Crippen LogP contribution < -0.4 is 10.6 Å². The summed E-state index contributed by atoms with van der Waals surface area (Å²) < 4.78 is 13.1. The van der Waals surface area contributed by atoms with Crippen LogP contribution in [0.25, 0.3) is 0 Å². The molecule has 0 aliphatic rings. The number of benzene rings is 1. The van der Waals surface area contributed by atoms with Gasteiger partial charge in [-0.3, -0.25) is 10.1 Å². The molecule has 23 heavy (non-hydrogen) atoms. The summed E-state index contributed by atoms with van der Waals surface area (Å²) in [6, 6.07) is 5.72. The summed E-state index contributed by atoms with van der Waals surface area (Å²) in [5, 5.41) is 22.3. The first-order valence-corrected chi connectivity index (χ1v) is 7.68. The second-order valence-electron chi connectivity index (χ2n) is 4.69. The van der Waals surface area contributed by atoms with E-state index in [1.165, 1.54) is 23.5 Å². The Kier molecular flexibility index (Phi) is 5.98. The number of aliphatic carboxylic acids is 1. The topological polar surface area (TPSA) is 104 Å². The predicted molar refractivity (Wildman–Crippen MR) is 83.0 cm³/mol. The molecule has 9 heteroatoms. The zero-order valence-electron chi connectivity index (χ0n) is 12.1. The number of nitrogens with zero attached hydrogens (tertiary/aromatic N) is 2. The van der Waals surface area contributed by atoms with Crippen LogP contribution >= 0.6 is 11.3 Å². The summed E-state index contributed by atoms with van der Waals surface area (Å²) in [7, 11) is 0. The number of anilines is 1. The second-order valence-corrected chi connectivity index (χ2v) is 5.75. The molecule has 0 radical (unpaired) electrons. The van der Waals surface area contributed by atoms with E-state index in [1.807, 2.05) is 0 Å². The number of rotatable bonds is 7. The van der Waals surface area contributed by atoms with Crippen LogP contribution in [-0.4, -0.2) is 33.8 Å². The maximum Gasteiger partial charge on any atom is 0.321 e. The highest BCUT2D eigenvalue weighted by atomic mass is 32.1. The van der Waals surface area contributed by atoms with Gasteiger partial charge in [0.05, 0.1) is 0 Å². The smallest absolute Gasteiger partial charge is 0.321 e. The minimum absolute atomic E-state index is 0.00310. The molecule has 1 aromatic heterocycles. The van der Waals surface area contributed by atoms with E-state index in [1.54, 1.807) is 12.1 Å². The van der Waals surface area contributed by atoms with Gasteiger partial charge in [-0.15, -0.1) is 10.2 Å². The van der Waals surface area contributed by atoms with E-state index < -0.39 is 12.0 Å². The number of amides is 2. The van der Waals surface area contributed by atoms with Crippen LogP contribution in [0.5, 0.6) is 0 Å². The first kappa shape index (κ1) is 16.8. The molecular formula is C14H15FN4O3S. The Morgan fingerprint density at radius 1 is 1.30 bits per heavy atom. The van der Waals surface area contributed by atoms with E-state index in [-0.39, 0.29) is 18.8 Å². The van der Waals surface area contributed by atoms with Crippen molar-refractivity contribution in [3.63, 3.8) is 0 Å². The number of carboxylic acids is 1. The number of hydrogen-bond acceptors (Lipinski definition) is 5. The summed E-state index contributed by atoms with van der Waals surface area (Å²) in [5.74, 6) is -1.22. The molecule has 0 bridgehead atoms. The molecule has 0 unspecified atom stereocenters. The molecule has 2 rings (SSSR count). The van der Waals surface area contributed by atoms with Crippen LogP contribution in [0.1, 0.15) is 23.4 Å². The number of carbonyl (C=O) groups is 2. The van der Waals surface area contributed by atoms with E-state index >= 15 is 0 Å². The van der Waals surface area contributed by atoms with Crippen LogP contribution in [0.4, 0.5) is 14.3 Å². The fraction of sp³-hybridized carbons (Fsp3) is 0.286. The van der Waals surface area contributed by atoms with Gasteiger partial charge in [0, 0.05) is 19.4 Å². The molecule has 0 aliphatic carbocycles. The van der Waals surface area contributed by atoms with Crippen LogP contribution in [0, 0.1) is 5.82 Å². The van der Waals surface area contributed by atoms with E-state index in [4.69, 9.17) is 5.11 Å². The summed E-state index contributed by atoms with van der Waals surface area (Å²) in [4.78, 5) is 21.9. The molecule has 2 aromatic rings. The highest BCUT2D eigenvalue weighted by Gasteiger charge is 2.09. The standard InChI is InChI=1S/C14H15FN4O3S/c15-10-4-1-3-9(7-10)8-11-18-19-14(23-11)17-13(22)16-6-2-5-12(20)21/h1,3-4,7H,2,5-6,8H2,(H,20,21)(H2,16,17,19,22). The second kappa shape index (κ2) is 8.18. The lowest BCUT2D eigenvalue weighted by molar-refractivity contribution is -0.137. The van der Waals surface area contributed by atoms with Crippen LogP contribution in [0.2, 0.25) is 0 Å². The normalized spacial score (nSPS) is 10.3. The molecule has 0 aliphatic heterocycles. The van der Waals surface area contributed by atoms with Gasteiger partial charge in [0.15, 0.2) is 0 Å². The molecule has 122 valence electrons. The highest BCUT2D eigenvalue weighted by molar-refractivity contribution is 7.15. The van der Waals surface area contributed by atoms with Crippen molar-refractivity contribution in [1.82, 2.24) is 15.5 Å². The molecule has 0 atom stereocenters. The van der Waals surface area contributed by atoms with Gasteiger partial charge in [-0.05, 0) is 24.1 Å². The lowest BCUT2D eigenvalue weighted by Gasteiger charge is -2.03. The fourth-order valence-corrected chi connectivity index (χ4v) is 2.55. The molecule has 2 amide bonds. The molecule has 3 N–H and O–H groups in total. The maximum atomic E-state index is 13.1. The van der Waals surface area contributed by atoms with Crippen LogP contribution in [0.3, 0.4) is 0 Å². The lowest BCUT2D eigenvalue weighted by Crippen LogP contribution is -2.29. The van der Waals surface area contributed by atoms with Gasteiger partial charge in [-0.2, -0.15) is 0 Å². The molecule has 0 spiro atoms. The quantitative estimate of drug-likeness (QED) is 0.672. The van der Waals surface area contributed by atoms with E-state index in [2.05, 4.69) is 20.8 Å². The average Bonchev–Trinajstić information content (AvgIpc) is 2.90. The lowest BCUT2D eigenvalue weighted by atomic mass is 10.1. The zero-order chi connectivity index (χ0) is 16.7. The first-order chi connectivity index (χ1) is 11.0. The minimum atomic E-state index is -0.904. The van der Waals surface area contributed by atoms with Crippen molar-refractivity contribution in [3.05, 3.63) is 40.7 Å². The Balaban J connectivity index is 1.80. The summed E-state index contributed by atoms with van der Waals surface area (Å²) >= 11 is 1.20. The van der Waals surface area contributed by atoms with Crippen molar-refractivity contribution in [3.8, 4) is 0 Å². The van der Waals surface area contributed by atoms with Gasteiger partial charge in [0.1, 0.15) is 10.8 Å². The molecule has 7 nitrogen and oxygen atoms in total. The molecule has 1 aromatic carbocycles. The summed E-state index contributed by atoms with van der Waals surface area (Å²) in [6.45, 7) is 0.257. The Labute approximate surface area is 135 Å². The van der Waals surface area contributed by atoms with Crippen LogP contribution in [-0.2, 0) is 11.2 Å². The van der Waals surface area contributed by atoms with Crippen LogP contribution in [0.15, 0.2) is 24.3 Å². The number of hydrogen-bond donors (Lipinski definition) is 3. The Bertz CT molecular complexity index is 692. The minimum Gasteiger partial charge on any atom is -0.481 e. The van der Waals surface area contributed by atoms with E-state index in [0.29, 0.717) is 23.0 Å². The monoisotopic (exact) mass is 338 g/mol. The Morgan fingerprint density at radius 2 is 2.13 bits per heavy atom. The third-order valence-corrected chi connectivity index (χ3v) is 3.62. The molecule has 0 fully saturated rings. The van der Waals surface area contributed by atoms with Crippen molar-refractivity contribution in [2.24, 2.45) is 0 Å². The molecular weight excluding hydrogens is 323 g/mol. The number of urea groups is 1. The fourth-order valence-electron chi connectivity index (χ4n) is 1.78. The Hall–Kier alpha value is -2.55. The molecule has 0 saturated heterocycles. The van der Waals surface area contributed by atoms with Gasteiger partial charge < -0.3 is 10.4 Å². The van der Waals surface area contributed by atoms with Crippen molar-refractivity contribution in [2.45, 2.75) is 19.3 Å². The third-order valence-electron chi connectivity index (χ3n) is 2.78. The van der Waals surface area contributed by atoms with Crippen molar-refractivity contribution in [2.75, 3.05) is 11.9 Å². The average molecular weight is 338 g/mol. The van der Waals surface area contributed by atoms with Gasteiger partial charge in [-0.25, -0.2) is 9.18 Å². The van der Waals surface area contributed by atoms with Gasteiger partial charge in [-0.1, -0.05) is 23.5 Å². The molecule has 0 saturated carbocycles. The summed E-state index contributed by atoms with van der Waals surface area (Å²) in [5.41, 5.74) is 0.769. The Morgan fingerprint density at radius 3 is 2.87 bits per heavy atom. The van der Waals surface area contributed by atoms with Crippen molar-refractivity contribution in [1.29, 1.82) is 0 Å². The highest BCUT2D eigenvalue weighted by Crippen LogP contribution is 2.18. The predicted octanol–water partition coefficient (Wildman–Crippen LogP) is 2.25. The largest absolute Gasteiger partial charge is 0.481 e. The van der Waals surface area contributed by atoms with E-state index in [9.17, 15) is 14.0 Å². The van der Waals surface area contributed by atoms with Gasteiger partial charge in [0.25, 0.3) is 0 Å². The number of aromatic nitrogens is 2. The SMILES string of the molecule is O=C(O)CCCNC(=O)Nc1nnc(Cc2cccc(F)c2)s1. The van der Waals surface area contributed by atoms with Gasteiger partial charge in [0.2, 0.25) is 5.13 Å². The number of halogens is 1.